The van der Waals surface area contributed by atoms with Crippen LogP contribution in [0.5, 0.6) is 5.75 Å². The molecule has 5 nitrogen and oxygen atoms in total. The van der Waals surface area contributed by atoms with Gasteiger partial charge in [-0.05, 0) is 49.5 Å². The number of fused-ring (bicyclic) bond motifs is 1. The van der Waals surface area contributed by atoms with Crippen molar-refractivity contribution in [3.8, 4) is 5.75 Å². The first-order valence-corrected chi connectivity index (χ1v) is 6.97. The Kier molecular flexibility index (Phi) is 3.99. The summed E-state index contributed by atoms with van der Waals surface area (Å²) in [7, 11) is 0. The molecule has 2 rings (SSSR count). The number of aryl methyl sites for hydroxylation is 1. The highest BCUT2D eigenvalue weighted by Gasteiger charge is 2.20. The second kappa shape index (κ2) is 5.36. The molecule has 104 valence electrons. The second-order valence-electron chi connectivity index (χ2n) is 5.35. The lowest BCUT2D eigenvalue weighted by atomic mass is 10.1. The van der Waals surface area contributed by atoms with Crippen molar-refractivity contribution in [3.05, 3.63) is 16.4 Å². The lowest BCUT2D eigenvalue weighted by Crippen LogP contribution is -2.27. The average molecular weight is 329 g/mol. The van der Waals surface area contributed by atoms with Crippen LogP contribution < -0.4 is 10.1 Å². The Morgan fingerprint density at radius 2 is 2.26 bits per heavy atom. The monoisotopic (exact) mass is 328 g/mol. The van der Waals surface area contributed by atoms with E-state index in [-0.39, 0.29) is 0 Å². The highest BCUT2D eigenvalue weighted by molar-refractivity contribution is 9.10. The largest absolute Gasteiger partial charge is 0.492 e. The standard InChI is InChI=1S/C13H17BrN2O3/c1-13(2,3)19-12(17)16-9-7-10-8(15-11(9)14)5-4-6-18-10/h7H,4-6H2,1-3H3,(H,16,17). The zero-order chi connectivity index (χ0) is 14.0. The summed E-state index contributed by atoms with van der Waals surface area (Å²) in [5, 5.41) is 2.67. The van der Waals surface area contributed by atoms with Crippen LogP contribution in [0, 0.1) is 0 Å². The van der Waals surface area contributed by atoms with E-state index in [2.05, 4.69) is 26.2 Å². The summed E-state index contributed by atoms with van der Waals surface area (Å²) < 4.78 is 11.3. The Bertz CT molecular complexity index is 497. The van der Waals surface area contributed by atoms with Crippen molar-refractivity contribution in [3.63, 3.8) is 0 Å². The number of pyridine rings is 1. The van der Waals surface area contributed by atoms with E-state index in [0.29, 0.717) is 16.9 Å². The first kappa shape index (κ1) is 14.1. The molecule has 1 amide bonds. The Labute approximate surface area is 120 Å². The van der Waals surface area contributed by atoms with Crippen molar-refractivity contribution >= 4 is 27.7 Å². The minimum absolute atomic E-state index is 0.509. The summed E-state index contributed by atoms with van der Waals surface area (Å²) in [6.07, 6.45) is 1.34. The van der Waals surface area contributed by atoms with E-state index in [1.165, 1.54) is 0 Å². The lowest BCUT2D eigenvalue weighted by molar-refractivity contribution is 0.0635. The van der Waals surface area contributed by atoms with Gasteiger partial charge in [0, 0.05) is 6.07 Å². The molecule has 0 unspecified atom stereocenters. The van der Waals surface area contributed by atoms with E-state index in [1.807, 2.05) is 20.8 Å². The van der Waals surface area contributed by atoms with Gasteiger partial charge in [-0.2, -0.15) is 0 Å². The van der Waals surface area contributed by atoms with E-state index < -0.39 is 11.7 Å². The molecule has 1 aliphatic heterocycles. The number of hydrogen-bond donors (Lipinski definition) is 1. The lowest BCUT2D eigenvalue weighted by Gasteiger charge is -2.21. The number of nitrogens with one attached hydrogen (secondary N) is 1. The van der Waals surface area contributed by atoms with E-state index in [9.17, 15) is 4.79 Å². The highest BCUT2D eigenvalue weighted by Crippen LogP contribution is 2.31. The molecule has 1 aromatic rings. The highest BCUT2D eigenvalue weighted by atomic mass is 79.9. The van der Waals surface area contributed by atoms with Crippen molar-refractivity contribution in [1.29, 1.82) is 0 Å². The summed E-state index contributed by atoms with van der Waals surface area (Å²) >= 11 is 3.35. The maximum Gasteiger partial charge on any atom is 0.412 e. The van der Waals surface area contributed by atoms with Gasteiger partial charge >= 0.3 is 6.09 Å². The predicted molar refractivity (Wildman–Crippen MR) is 75.6 cm³/mol. The fraction of sp³-hybridized carbons (Fsp3) is 0.538. The van der Waals surface area contributed by atoms with Crippen molar-refractivity contribution < 1.29 is 14.3 Å². The number of aromatic nitrogens is 1. The molecule has 0 saturated carbocycles. The van der Waals surface area contributed by atoms with E-state index in [1.54, 1.807) is 6.07 Å². The summed E-state index contributed by atoms with van der Waals surface area (Å²) in [6.45, 7) is 6.13. The quantitative estimate of drug-likeness (QED) is 0.801. The number of anilines is 1. The molecule has 0 spiro atoms. The summed E-state index contributed by atoms with van der Waals surface area (Å²) in [4.78, 5) is 16.1. The SMILES string of the molecule is CC(C)(C)OC(=O)Nc1cc2c(nc1Br)CCCO2. The number of carbonyl (C=O) groups is 1. The number of carbonyl (C=O) groups excluding carboxylic acids is 1. The van der Waals surface area contributed by atoms with Crippen molar-refractivity contribution in [2.75, 3.05) is 11.9 Å². The maximum atomic E-state index is 11.7. The van der Waals surface area contributed by atoms with Crippen LogP contribution >= 0.6 is 15.9 Å². The molecule has 1 aliphatic rings. The predicted octanol–water partition coefficient (Wildman–Crippen LogP) is 3.52. The summed E-state index contributed by atoms with van der Waals surface area (Å²) in [5.74, 6) is 0.723. The minimum Gasteiger partial charge on any atom is -0.492 e. The van der Waals surface area contributed by atoms with Crippen LogP contribution in [0.4, 0.5) is 10.5 Å². The Morgan fingerprint density at radius 3 is 2.95 bits per heavy atom. The third-order valence-electron chi connectivity index (χ3n) is 2.47. The van der Waals surface area contributed by atoms with Gasteiger partial charge in [0.05, 0.1) is 18.0 Å². The minimum atomic E-state index is -0.533. The van der Waals surface area contributed by atoms with Crippen LogP contribution in [0.15, 0.2) is 10.7 Å². The average Bonchev–Trinajstić information content (AvgIpc) is 2.27. The van der Waals surface area contributed by atoms with Gasteiger partial charge in [0.15, 0.2) is 0 Å². The van der Waals surface area contributed by atoms with Gasteiger partial charge in [0.2, 0.25) is 0 Å². The fourth-order valence-electron chi connectivity index (χ4n) is 1.73. The Morgan fingerprint density at radius 1 is 1.53 bits per heavy atom. The number of amides is 1. The number of ether oxygens (including phenoxy) is 2. The molecule has 0 bridgehead atoms. The van der Waals surface area contributed by atoms with Gasteiger partial charge in [-0.25, -0.2) is 9.78 Å². The topological polar surface area (TPSA) is 60.5 Å². The van der Waals surface area contributed by atoms with Gasteiger partial charge in [-0.3, -0.25) is 5.32 Å². The molecule has 0 atom stereocenters. The zero-order valence-electron chi connectivity index (χ0n) is 11.2. The molecule has 0 fully saturated rings. The van der Waals surface area contributed by atoms with Gasteiger partial charge < -0.3 is 9.47 Å². The third-order valence-corrected chi connectivity index (χ3v) is 3.07. The molecule has 0 aliphatic carbocycles. The number of hydrogen-bond acceptors (Lipinski definition) is 4. The van der Waals surface area contributed by atoms with E-state index in [4.69, 9.17) is 9.47 Å². The zero-order valence-corrected chi connectivity index (χ0v) is 12.8. The maximum absolute atomic E-state index is 11.7. The number of nitrogens with zero attached hydrogens (tertiary/aromatic N) is 1. The molecule has 6 heteroatoms. The molecule has 1 N–H and O–H groups in total. The number of halogens is 1. The Hall–Kier alpha value is -1.30. The third kappa shape index (κ3) is 3.83. The summed E-state index contributed by atoms with van der Waals surface area (Å²) in [5.41, 5.74) is 0.928. The molecular weight excluding hydrogens is 312 g/mol. The fourth-order valence-corrected chi connectivity index (χ4v) is 2.16. The van der Waals surface area contributed by atoms with Crippen molar-refractivity contribution in [2.45, 2.75) is 39.2 Å². The molecule has 1 aromatic heterocycles. The van der Waals surface area contributed by atoms with Crippen LogP contribution in [-0.2, 0) is 11.2 Å². The molecule has 0 aromatic carbocycles. The normalized spacial score (nSPS) is 14.3. The molecule has 19 heavy (non-hydrogen) atoms. The van der Waals surface area contributed by atoms with E-state index >= 15 is 0 Å². The van der Waals surface area contributed by atoms with Crippen LogP contribution in [-0.4, -0.2) is 23.3 Å². The molecule has 0 saturated heterocycles. The van der Waals surface area contributed by atoms with Gasteiger partial charge in [0.25, 0.3) is 0 Å². The smallest absolute Gasteiger partial charge is 0.412 e. The van der Waals surface area contributed by atoms with Gasteiger partial charge in [0.1, 0.15) is 16.0 Å². The molecular formula is C13H17BrN2O3. The summed E-state index contributed by atoms with van der Waals surface area (Å²) in [6, 6.07) is 1.77. The molecule has 0 radical (unpaired) electrons. The Balaban J connectivity index is 2.14. The number of rotatable bonds is 1. The van der Waals surface area contributed by atoms with Crippen molar-refractivity contribution in [1.82, 2.24) is 4.98 Å². The van der Waals surface area contributed by atoms with Gasteiger partial charge in [-0.1, -0.05) is 0 Å². The van der Waals surface area contributed by atoms with E-state index in [0.717, 1.165) is 24.3 Å². The first-order chi connectivity index (χ1) is 8.85. The van der Waals surface area contributed by atoms with Crippen molar-refractivity contribution in [2.24, 2.45) is 0 Å². The second-order valence-corrected chi connectivity index (χ2v) is 6.10. The molecule has 2 heterocycles. The van der Waals surface area contributed by atoms with Gasteiger partial charge in [-0.15, -0.1) is 0 Å². The van der Waals surface area contributed by atoms with Crippen LogP contribution in [0.2, 0.25) is 0 Å². The van der Waals surface area contributed by atoms with Crippen LogP contribution in [0.25, 0.3) is 0 Å². The first-order valence-electron chi connectivity index (χ1n) is 6.17. The van der Waals surface area contributed by atoms with Crippen LogP contribution in [0.3, 0.4) is 0 Å². The van der Waals surface area contributed by atoms with Crippen LogP contribution in [0.1, 0.15) is 32.9 Å².